The van der Waals surface area contributed by atoms with Gasteiger partial charge in [-0.1, -0.05) is 54.4 Å². The van der Waals surface area contributed by atoms with E-state index in [1.807, 2.05) is 41.5 Å². The van der Waals surface area contributed by atoms with Crippen molar-refractivity contribution in [2.75, 3.05) is 19.6 Å². The van der Waals surface area contributed by atoms with Gasteiger partial charge in [-0.3, -0.25) is 9.10 Å². The Bertz CT molecular complexity index is 458. The van der Waals surface area contributed by atoms with Crippen LogP contribution in [0.15, 0.2) is 0 Å². The number of carbonyl (C=O) groups is 3. The van der Waals surface area contributed by atoms with E-state index < -0.39 is 6.04 Å². The monoisotopic (exact) mass is 374 g/mol. The highest BCUT2D eigenvalue weighted by atomic mass is 32.1. The van der Waals surface area contributed by atoms with Gasteiger partial charge in [-0.2, -0.15) is 0 Å². The molecular weight excluding hydrogens is 340 g/mol. The Hall–Kier alpha value is -1.28. The molecule has 0 radical (unpaired) electrons. The lowest BCUT2D eigenvalue weighted by atomic mass is 9.86. The summed E-state index contributed by atoms with van der Waals surface area (Å²) >= 11 is 4.07. The fourth-order valence-corrected chi connectivity index (χ4v) is 2.06. The Labute approximate surface area is 157 Å². The van der Waals surface area contributed by atoms with E-state index in [1.165, 1.54) is 11.2 Å². The summed E-state index contributed by atoms with van der Waals surface area (Å²) in [7, 11) is 0. The van der Waals surface area contributed by atoms with Gasteiger partial charge in [-0.05, 0) is 10.8 Å². The van der Waals surface area contributed by atoms with E-state index in [0.717, 1.165) is 6.29 Å². The summed E-state index contributed by atoms with van der Waals surface area (Å²) in [6.07, 6.45) is 0.757. The van der Waals surface area contributed by atoms with Crippen LogP contribution in [0, 0.1) is 10.8 Å². The molecule has 3 amide bonds. The zero-order valence-corrected chi connectivity index (χ0v) is 17.4. The van der Waals surface area contributed by atoms with Crippen molar-refractivity contribution in [1.29, 1.82) is 0 Å². The fraction of sp³-hybridized carbons (Fsp3) is 0.824. The zero-order valence-electron chi connectivity index (χ0n) is 16.5. The molecule has 0 fully saturated rings. The SMILES string of the molecule is CC(=O)N(S)CCNCC(NC(=O)N[C@H](C=O)C(C)(C)C)C(C)(C)C. The number of rotatable bonds is 8. The Morgan fingerprint density at radius 3 is 2.04 bits per heavy atom. The molecule has 0 rings (SSSR count). The lowest BCUT2D eigenvalue weighted by molar-refractivity contribution is -0.123. The summed E-state index contributed by atoms with van der Waals surface area (Å²) in [6, 6.07) is -1.08. The molecular formula is C17H34N4O3S. The van der Waals surface area contributed by atoms with Gasteiger partial charge in [-0.15, -0.1) is 0 Å². The summed E-state index contributed by atoms with van der Waals surface area (Å²) in [5, 5.41) is 8.88. The van der Waals surface area contributed by atoms with Crippen molar-refractivity contribution in [3.8, 4) is 0 Å². The molecule has 1 unspecified atom stereocenters. The van der Waals surface area contributed by atoms with Crippen LogP contribution in [0.3, 0.4) is 0 Å². The first-order chi connectivity index (χ1) is 11.3. The van der Waals surface area contributed by atoms with Crippen LogP contribution in [0.25, 0.3) is 0 Å². The average molecular weight is 375 g/mol. The summed E-state index contributed by atoms with van der Waals surface area (Å²) in [4.78, 5) is 34.6. The molecule has 0 spiro atoms. The van der Waals surface area contributed by atoms with Gasteiger partial charge in [0, 0.05) is 32.6 Å². The van der Waals surface area contributed by atoms with Gasteiger partial charge in [0.1, 0.15) is 6.29 Å². The Balaban J connectivity index is 4.61. The molecule has 0 aromatic heterocycles. The van der Waals surface area contributed by atoms with E-state index in [2.05, 4.69) is 28.8 Å². The van der Waals surface area contributed by atoms with Crippen LogP contribution in [-0.4, -0.2) is 54.2 Å². The van der Waals surface area contributed by atoms with Crippen LogP contribution in [-0.2, 0) is 9.59 Å². The Morgan fingerprint density at radius 2 is 1.64 bits per heavy atom. The predicted octanol–water partition coefficient (Wildman–Crippen LogP) is 1.60. The van der Waals surface area contributed by atoms with Crippen molar-refractivity contribution in [2.24, 2.45) is 10.8 Å². The fourth-order valence-electron chi connectivity index (χ4n) is 1.96. The number of carbonyl (C=O) groups excluding carboxylic acids is 3. The molecule has 146 valence electrons. The second-order valence-corrected chi connectivity index (χ2v) is 8.85. The maximum atomic E-state index is 12.3. The molecule has 3 N–H and O–H groups in total. The van der Waals surface area contributed by atoms with Crippen LogP contribution in [0.1, 0.15) is 48.5 Å². The highest BCUT2D eigenvalue weighted by Crippen LogP contribution is 2.20. The van der Waals surface area contributed by atoms with Gasteiger partial charge in [0.15, 0.2) is 0 Å². The van der Waals surface area contributed by atoms with E-state index in [0.29, 0.717) is 19.6 Å². The highest BCUT2D eigenvalue weighted by Gasteiger charge is 2.29. The average Bonchev–Trinajstić information content (AvgIpc) is 2.44. The van der Waals surface area contributed by atoms with Crippen molar-refractivity contribution in [3.63, 3.8) is 0 Å². The molecule has 0 heterocycles. The number of aldehydes is 1. The Kier molecular flexibility index (Phi) is 9.50. The standard InChI is InChI=1S/C17H34N4O3S/c1-12(23)21(25)9-8-18-10-13(16(2,3)4)19-15(24)20-14(11-22)17(5,6)7/h11,13-14,18,25H,8-10H2,1-7H3,(H2,19,20,24)/t13?,14-/m1/s1. The van der Waals surface area contributed by atoms with Gasteiger partial charge in [0.2, 0.25) is 5.91 Å². The number of urea groups is 1. The largest absolute Gasteiger partial charge is 0.334 e. The van der Waals surface area contributed by atoms with Crippen molar-refractivity contribution in [3.05, 3.63) is 0 Å². The first-order valence-electron chi connectivity index (χ1n) is 8.49. The van der Waals surface area contributed by atoms with Crippen LogP contribution in [0.5, 0.6) is 0 Å². The number of amides is 3. The number of thiol groups is 1. The maximum Gasteiger partial charge on any atom is 0.315 e. The second-order valence-electron chi connectivity index (χ2n) is 8.36. The highest BCUT2D eigenvalue weighted by molar-refractivity contribution is 7.78. The summed E-state index contributed by atoms with van der Waals surface area (Å²) in [6.45, 7) is 14.8. The summed E-state index contributed by atoms with van der Waals surface area (Å²) in [5.41, 5.74) is -0.527. The molecule has 2 atom stereocenters. The minimum Gasteiger partial charge on any atom is -0.334 e. The molecule has 7 nitrogen and oxygen atoms in total. The van der Waals surface area contributed by atoms with Crippen molar-refractivity contribution >= 4 is 31.0 Å². The second kappa shape index (κ2) is 10.0. The van der Waals surface area contributed by atoms with Crippen molar-refractivity contribution < 1.29 is 14.4 Å². The number of nitrogens with zero attached hydrogens (tertiary/aromatic N) is 1. The smallest absolute Gasteiger partial charge is 0.315 e. The lowest BCUT2D eigenvalue weighted by Crippen LogP contribution is -2.56. The van der Waals surface area contributed by atoms with Crippen molar-refractivity contribution in [1.82, 2.24) is 20.3 Å². The molecule has 0 aliphatic heterocycles. The third kappa shape index (κ3) is 9.69. The van der Waals surface area contributed by atoms with Crippen LogP contribution in [0.4, 0.5) is 4.79 Å². The quantitative estimate of drug-likeness (QED) is 0.295. The van der Waals surface area contributed by atoms with Gasteiger partial charge in [-0.25, -0.2) is 4.79 Å². The van der Waals surface area contributed by atoms with Crippen LogP contribution < -0.4 is 16.0 Å². The molecule has 0 saturated heterocycles. The van der Waals surface area contributed by atoms with Crippen LogP contribution >= 0.6 is 12.8 Å². The number of nitrogens with one attached hydrogen (secondary N) is 3. The summed E-state index contributed by atoms with van der Waals surface area (Å²) in [5.74, 6) is -0.114. The molecule has 0 saturated carbocycles. The van der Waals surface area contributed by atoms with Gasteiger partial charge >= 0.3 is 6.03 Å². The molecule has 0 aromatic rings. The van der Waals surface area contributed by atoms with E-state index in [-0.39, 0.29) is 28.8 Å². The minimum absolute atomic E-state index is 0.114. The molecule has 25 heavy (non-hydrogen) atoms. The third-order valence-electron chi connectivity index (χ3n) is 3.92. The predicted molar refractivity (Wildman–Crippen MR) is 103 cm³/mol. The molecule has 8 heteroatoms. The van der Waals surface area contributed by atoms with E-state index in [4.69, 9.17) is 0 Å². The van der Waals surface area contributed by atoms with E-state index >= 15 is 0 Å². The first-order valence-corrected chi connectivity index (χ1v) is 8.89. The molecule has 0 aliphatic rings. The minimum atomic E-state index is -0.561. The van der Waals surface area contributed by atoms with Crippen LogP contribution in [0.2, 0.25) is 0 Å². The number of hydrogen-bond acceptors (Lipinski definition) is 5. The molecule has 0 bridgehead atoms. The zero-order chi connectivity index (χ0) is 19.8. The van der Waals surface area contributed by atoms with Gasteiger partial charge in [0.25, 0.3) is 0 Å². The molecule has 0 aliphatic carbocycles. The van der Waals surface area contributed by atoms with Gasteiger partial charge < -0.3 is 20.7 Å². The topological polar surface area (TPSA) is 90.5 Å². The van der Waals surface area contributed by atoms with E-state index in [9.17, 15) is 14.4 Å². The normalized spacial score (nSPS) is 14.4. The lowest BCUT2D eigenvalue weighted by Gasteiger charge is -2.33. The first kappa shape index (κ1) is 23.7. The van der Waals surface area contributed by atoms with Gasteiger partial charge in [0.05, 0.1) is 6.04 Å². The third-order valence-corrected chi connectivity index (χ3v) is 4.40. The summed E-state index contributed by atoms with van der Waals surface area (Å²) < 4.78 is 1.33. The Morgan fingerprint density at radius 1 is 1.08 bits per heavy atom. The van der Waals surface area contributed by atoms with E-state index in [1.54, 1.807) is 0 Å². The van der Waals surface area contributed by atoms with Crippen molar-refractivity contribution in [2.45, 2.75) is 60.5 Å². The molecule has 0 aromatic carbocycles. The maximum absolute atomic E-state index is 12.3. The number of hydrogen-bond donors (Lipinski definition) is 4.